The Balaban J connectivity index is 2.99. The van der Waals surface area contributed by atoms with Crippen LogP contribution in [0.15, 0.2) is 24.8 Å². The SMILES string of the molecule is C=Cc1cc(N)ccc1OC(C)C. The Hall–Kier alpha value is -1.44. The first-order valence-electron chi connectivity index (χ1n) is 4.32. The molecular weight excluding hydrogens is 162 g/mol. The van der Waals surface area contributed by atoms with Crippen molar-refractivity contribution in [2.45, 2.75) is 20.0 Å². The third-order valence-corrected chi connectivity index (χ3v) is 1.62. The molecule has 0 spiro atoms. The molecule has 0 radical (unpaired) electrons. The Morgan fingerprint density at radius 1 is 1.46 bits per heavy atom. The van der Waals surface area contributed by atoms with Gasteiger partial charge in [0.05, 0.1) is 6.10 Å². The van der Waals surface area contributed by atoms with Crippen LogP contribution >= 0.6 is 0 Å². The maximum absolute atomic E-state index is 5.63. The van der Waals surface area contributed by atoms with Crippen molar-refractivity contribution in [3.05, 3.63) is 30.3 Å². The molecule has 1 aromatic carbocycles. The topological polar surface area (TPSA) is 35.2 Å². The van der Waals surface area contributed by atoms with Crippen molar-refractivity contribution < 1.29 is 4.74 Å². The zero-order valence-electron chi connectivity index (χ0n) is 8.08. The molecule has 0 saturated carbocycles. The first-order valence-corrected chi connectivity index (χ1v) is 4.32. The lowest BCUT2D eigenvalue weighted by atomic mass is 10.2. The molecule has 2 heteroatoms. The van der Waals surface area contributed by atoms with Crippen LogP contribution in [0.2, 0.25) is 0 Å². The second-order valence-electron chi connectivity index (χ2n) is 3.17. The van der Waals surface area contributed by atoms with Crippen molar-refractivity contribution in [2.24, 2.45) is 0 Å². The summed E-state index contributed by atoms with van der Waals surface area (Å²) in [7, 11) is 0. The summed E-state index contributed by atoms with van der Waals surface area (Å²) >= 11 is 0. The van der Waals surface area contributed by atoms with E-state index in [1.165, 1.54) is 0 Å². The molecule has 0 aromatic heterocycles. The Labute approximate surface area is 79.0 Å². The zero-order chi connectivity index (χ0) is 9.84. The molecule has 0 amide bonds. The summed E-state index contributed by atoms with van der Waals surface area (Å²) in [5, 5.41) is 0. The van der Waals surface area contributed by atoms with Gasteiger partial charge in [-0.1, -0.05) is 12.7 Å². The summed E-state index contributed by atoms with van der Waals surface area (Å²) < 4.78 is 5.56. The van der Waals surface area contributed by atoms with E-state index in [0.717, 1.165) is 17.0 Å². The average Bonchev–Trinajstić information content (AvgIpc) is 2.07. The molecule has 2 N–H and O–H groups in total. The Morgan fingerprint density at radius 3 is 2.69 bits per heavy atom. The minimum atomic E-state index is 0.169. The van der Waals surface area contributed by atoms with E-state index in [0.29, 0.717) is 0 Å². The number of rotatable bonds is 3. The largest absolute Gasteiger partial charge is 0.490 e. The van der Waals surface area contributed by atoms with Crippen LogP contribution in [0, 0.1) is 0 Å². The lowest BCUT2D eigenvalue weighted by Crippen LogP contribution is -2.06. The monoisotopic (exact) mass is 177 g/mol. The van der Waals surface area contributed by atoms with E-state index < -0.39 is 0 Å². The predicted octanol–water partition coefficient (Wildman–Crippen LogP) is 2.70. The second-order valence-corrected chi connectivity index (χ2v) is 3.17. The van der Waals surface area contributed by atoms with Gasteiger partial charge in [-0.2, -0.15) is 0 Å². The van der Waals surface area contributed by atoms with Gasteiger partial charge in [-0.3, -0.25) is 0 Å². The molecule has 0 atom stereocenters. The van der Waals surface area contributed by atoms with Crippen molar-refractivity contribution >= 4 is 11.8 Å². The van der Waals surface area contributed by atoms with Gasteiger partial charge in [0, 0.05) is 11.3 Å². The average molecular weight is 177 g/mol. The van der Waals surface area contributed by atoms with Gasteiger partial charge in [-0.15, -0.1) is 0 Å². The first kappa shape index (κ1) is 9.65. The highest BCUT2D eigenvalue weighted by Crippen LogP contribution is 2.23. The minimum Gasteiger partial charge on any atom is -0.490 e. The first-order chi connectivity index (χ1) is 6.13. The summed E-state index contributed by atoms with van der Waals surface area (Å²) in [6.07, 6.45) is 1.91. The molecule has 13 heavy (non-hydrogen) atoms. The summed E-state index contributed by atoms with van der Waals surface area (Å²) in [5.74, 6) is 0.833. The summed E-state index contributed by atoms with van der Waals surface area (Å²) in [6, 6.07) is 5.54. The van der Waals surface area contributed by atoms with E-state index in [1.807, 2.05) is 32.0 Å². The standard InChI is InChI=1S/C11H15NO/c1-4-9-7-10(12)5-6-11(9)13-8(2)3/h4-8H,1,12H2,2-3H3. The number of nitrogens with two attached hydrogens (primary N) is 1. The van der Waals surface area contributed by atoms with Crippen molar-refractivity contribution in [2.75, 3.05) is 5.73 Å². The van der Waals surface area contributed by atoms with Gasteiger partial charge in [-0.25, -0.2) is 0 Å². The number of benzene rings is 1. The van der Waals surface area contributed by atoms with E-state index in [9.17, 15) is 0 Å². The van der Waals surface area contributed by atoms with Crippen LogP contribution in [-0.4, -0.2) is 6.10 Å². The normalized spacial score (nSPS) is 10.1. The Bertz CT molecular complexity index is 305. The van der Waals surface area contributed by atoms with Gasteiger partial charge in [0.15, 0.2) is 0 Å². The fraction of sp³-hybridized carbons (Fsp3) is 0.273. The maximum Gasteiger partial charge on any atom is 0.127 e. The summed E-state index contributed by atoms with van der Waals surface area (Å²) in [5.41, 5.74) is 7.30. The lowest BCUT2D eigenvalue weighted by Gasteiger charge is -2.12. The van der Waals surface area contributed by atoms with E-state index >= 15 is 0 Å². The van der Waals surface area contributed by atoms with E-state index in [-0.39, 0.29) is 6.10 Å². The highest BCUT2D eigenvalue weighted by atomic mass is 16.5. The number of hydrogen-bond donors (Lipinski definition) is 1. The zero-order valence-corrected chi connectivity index (χ0v) is 8.08. The van der Waals surface area contributed by atoms with Gasteiger partial charge < -0.3 is 10.5 Å². The summed E-state index contributed by atoms with van der Waals surface area (Å²) in [6.45, 7) is 7.68. The summed E-state index contributed by atoms with van der Waals surface area (Å²) in [4.78, 5) is 0. The molecule has 1 aromatic rings. The molecule has 0 saturated heterocycles. The van der Waals surface area contributed by atoms with Gasteiger partial charge >= 0.3 is 0 Å². The highest BCUT2D eigenvalue weighted by molar-refractivity contribution is 5.61. The molecule has 0 aliphatic rings. The molecule has 1 rings (SSSR count). The molecule has 0 bridgehead atoms. The molecule has 0 aliphatic heterocycles. The van der Waals surface area contributed by atoms with Crippen molar-refractivity contribution in [3.8, 4) is 5.75 Å². The van der Waals surface area contributed by atoms with Gasteiger partial charge in [0.1, 0.15) is 5.75 Å². The molecular formula is C11H15NO. The van der Waals surface area contributed by atoms with Crippen LogP contribution in [0.3, 0.4) is 0 Å². The Morgan fingerprint density at radius 2 is 2.15 bits per heavy atom. The maximum atomic E-state index is 5.63. The van der Waals surface area contributed by atoms with Crippen molar-refractivity contribution in [1.29, 1.82) is 0 Å². The van der Waals surface area contributed by atoms with Gasteiger partial charge in [0.25, 0.3) is 0 Å². The van der Waals surface area contributed by atoms with E-state index in [1.54, 1.807) is 6.08 Å². The van der Waals surface area contributed by atoms with Crippen LogP contribution in [0.5, 0.6) is 5.75 Å². The second kappa shape index (κ2) is 3.99. The van der Waals surface area contributed by atoms with Crippen LogP contribution < -0.4 is 10.5 Å². The third-order valence-electron chi connectivity index (χ3n) is 1.62. The molecule has 2 nitrogen and oxygen atoms in total. The van der Waals surface area contributed by atoms with E-state index in [2.05, 4.69) is 6.58 Å². The molecule has 0 aliphatic carbocycles. The molecule has 0 fully saturated rings. The Kier molecular flexibility index (Phi) is 2.96. The predicted molar refractivity (Wildman–Crippen MR) is 56.7 cm³/mol. The smallest absolute Gasteiger partial charge is 0.127 e. The third kappa shape index (κ3) is 2.51. The molecule has 70 valence electrons. The molecule has 0 unspecified atom stereocenters. The number of anilines is 1. The van der Waals surface area contributed by atoms with Crippen LogP contribution in [-0.2, 0) is 0 Å². The van der Waals surface area contributed by atoms with Crippen LogP contribution in [0.1, 0.15) is 19.4 Å². The lowest BCUT2D eigenvalue weighted by molar-refractivity contribution is 0.242. The van der Waals surface area contributed by atoms with Gasteiger partial charge in [-0.05, 0) is 32.0 Å². The minimum absolute atomic E-state index is 0.169. The fourth-order valence-electron chi connectivity index (χ4n) is 1.09. The van der Waals surface area contributed by atoms with Crippen LogP contribution in [0.25, 0.3) is 6.08 Å². The number of hydrogen-bond acceptors (Lipinski definition) is 2. The van der Waals surface area contributed by atoms with Gasteiger partial charge in [0.2, 0.25) is 0 Å². The van der Waals surface area contributed by atoms with Crippen molar-refractivity contribution in [1.82, 2.24) is 0 Å². The van der Waals surface area contributed by atoms with Crippen LogP contribution in [0.4, 0.5) is 5.69 Å². The fourth-order valence-corrected chi connectivity index (χ4v) is 1.09. The number of nitrogen functional groups attached to an aromatic ring is 1. The molecule has 0 heterocycles. The highest BCUT2D eigenvalue weighted by Gasteiger charge is 2.02. The van der Waals surface area contributed by atoms with Crippen molar-refractivity contribution in [3.63, 3.8) is 0 Å². The van der Waals surface area contributed by atoms with E-state index in [4.69, 9.17) is 10.5 Å². The number of ether oxygens (including phenoxy) is 1. The quantitative estimate of drug-likeness (QED) is 0.720.